The van der Waals surface area contributed by atoms with Crippen molar-refractivity contribution >= 4 is 5.97 Å². The Balaban J connectivity index is 0. The predicted molar refractivity (Wildman–Crippen MR) is 15.8 cm³/mol. The van der Waals surface area contributed by atoms with Crippen LogP contribution in [0, 0.1) is 0 Å². The minimum Gasteiger partial charge on any atom is -0.475 e. The fourth-order valence-electron chi connectivity index (χ4n) is 0. The first-order chi connectivity index (χ1) is 2.94. The van der Waals surface area contributed by atoms with Gasteiger partial charge in [0.25, 0.3) is 0 Å². The molecule has 0 atom stereocenters. The third-order valence-electron chi connectivity index (χ3n) is 0.243. The van der Waals surface area contributed by atoms with Crippen LogP contribution in [-0.4, -0.2) is 17.3 Å². The molecule has 0 aromatic rings. The largest absolute Gasteiger partial charge is 0.490 e. The first-order valence-electron chi connectivity index (χ1n) is 1.24. The van der Waals surface area contributed by atoms with Crippen molar-refractivity contribution in [3.05, 3.63) is 0 Å². The number of carbonyl (C=O) groups is 1. The van der Waals surface area contributed by atoms with Crippen molar-refractivity contribution in [2.75, 3.05) is 0 Å². The van der Waals surface area contributed by atoms with Crippen LogP contribution in [0.2, 0.25) is 0 Å². The summed E-state index contributed by atoms with van der Waals surface area (Å²) < 4.78 is 31.7. The highest BCUT2D eigenvalue weighted by Gasteiger charge is 2.38. The Morgan fingerprint density at radius 3 is 1.50 bits per heavy atom. The van der Waals surface area contributed by atoms with Crippen LogP contribution in [0.5, 0.6) is 0 Å². The van der Waals surface area contributed by atoms with Gasteiger partial charge in [-0.2, -0.15) is 13.2 Å². The molecular weight excluding hydrogens is 127 g/mol. The second-order valence-electron chi connectivity index (χ2n) is 0.803. The molecular formula is C2HF3NO2. The van der Waals surface area contributed by atoms with Gasteiger partial charge in [0.2, 0.25) is 0 Å². The third kappa shape index (κ3) is 3.41. The summed E-state index contributed by atoms with van der Waals surface area (Å²) in [6, 6.07) is 0. The summed E-state index contributed by atoms with van der Waals surface area (Å²) in [6.07, 6.45) is -5.08. The van der Waals surface area contributed by atoms with Crippen LogP contribution in [0.1, 0.15) is 0 Å². The van der Waals surface area contributed by atoms with E-state index < -0.39 is 12.1 Å². The minimum atomic E-state index is -5.08. The molecule has 0 aromatic heterocycles. The van der Waals surface area contributed by atoms with Gasteiger partial charge in [0.05, 0.1) is 0 Å². The Labute approximate surface area is 42.7 Å². The zero-order valence-corrected chi connectivity index (χ0v) is 3.44. The van der Waals surface area contributed by atoms with E-state index in [1.165, 1.54) is 0 Å². The average Bonchev–Trinajstić information content (AvgIpc) is 1.31. The van der Waals surface area contributed by atoms with Gasteiger partial charge in [0, 0.05) is 6.15 Å². The van der Waals surface area contributed by atoms with Crippen molar-refractivity contribution < 1.29 is 23.1 Å². The molecule has 8 heavy (non-hydrogen) atoms. The van der Waals surface area contributed by atoms with Gasteiger partial charge in [-0.25, -0.2) is 4.79 Å². The van der Waals surface area contributed by atoms with E-state index in [-0.39, 0.29) is 6.15 Å². The predicted octanol–water partition coefficient (Wildman–Crippen LogP) is 0.153. The number of hydrogen-bond donors (Lipinski definition) is 1. The summed E-state index contributed by atoms with van der Waals surface area (Å²) in [4.78, 5) is 8.90. The molecule has 0 fully saturated rings. The van der Waals surface area contributed by atoms with Gasteiger partial charge in [0.15, 0.2) is 0 Å². The van der Waals surface area contributed by atoms with Crippen LogP contribution in [0.3, 0.4) is 0 Å². The molecule has 0 saturated carbocycles. The van der Waals surface area contributed by atoms with Crippen molar-refractivity contribution in [2.24, 2.45) is 0 Å². The van der Waals surface area contributed by atoms with Crippen molar-refractivity contribution in [2.45, 2.75) is 6.18 Å². The van der Waals surface area contributed by atoms with Crippen molar-refractivity contribution in [3.8, 4) is 0 Å². The molecule has 47 valence electrons. The second-order valence-corrected chi connectivity index (χ2v) is 0.803. The van der Waals surface area contributed by atoms with E-state index in [1.807, 2.05) is 0 Å². The Kier molecular flexibility index (Phi) is 3.21. The van der Waals surface area contributed by atoms with E-state index in [4.69, 9.17) is 9.90 Å². The molecule has 6 heteroatoms. The molecule has 1 N–H and O–H groups in total. The highest BCUT2D eigenvalue weighted by atomic mass is 19.4. The maximum atomic E-state index is 10.6. The molecule has 3 nitrogen and oxygen atoms in total. The molecule has 0 spiro atoms. The number of carboxylic acids is 1. The van der Waals surface area contributed by atoms with E-state index in [0.29, 0.717) is 0 Å². The molecule has 0 aliphatic heterocycles. The Hall–Kier alpha value is -0.780. The summed E-state index contributed by atoms with van der Waals surface area (Å²) in [5.41, 5.74) is 0. The lowest BCUT2D eigenvalue weighted by atomic mass is 10.7. The summed E-state index contributed by atoms with van der Waals surface area (Å²) in [7, 11) is 0. The van der Waals surface area contributed by atoms with E-state index in [0.717, 1.165) is 0 Å². The Morgan fingerprint density at radius 2 is 1.50 bits per heavy atom. The SMILES string of the molecule is O=C(O)C(F)(F)F.[N]. The average molecular weight is 128 g/mol. The Bertz CT molecular complexity index is 87.8. The number of hydrogen-bond acceptors (Lipinski definition) is 1. The van der Waals surface area contributed by atoms with Gasteiger partial charge in [-0.15, -0.1) is 0 Å². The second kappa shape index (κ2) is 2.51. The van der Waals surface area contributed by atoms with Crippen LogP contribution in [-0.2, 0) is 4.79 Å². The van der Waals surface area contributed by atoms with Crippen LogP contribution >= 0.6 is 0 Å². The summed E-state index contributed by atoms with van der Waals surface area (Å²) >= 11 is 0. The number of carboxylic acid groups (broad SMARTS) is 1. The van der Waals surface area contributed by atoms with Crippen LogP contribution < -0.4 is 6.15 Å². The number of halogens is 3. The molecule has 0 unspecified atom stereocenters. The van der Waals surface area contributed by atoms with Gasteiger partial charge in [-0.3, -0.25) is 0 Å². The van der Waals surface area contributed by atoms with E-state index in [1.54, 1.807) is 0 Å². The van der Waals surface area contributed by atoms with Gasteiger partial charge in [-0.05, 0) is 0 Å². The lowest BCUT2D eigenvalue weighted by Crippen LogP contribution is -2.21. The maximum absolute atomic E-state index is 10.6. The molecule has 0 amide bonds. The zero-order chi connectivity index (χ0) is 6.08. The number of aliphatic carboxylic acids is 1. The summed E-state index contributed by atoms with van der Waals surface area (Å²) in [5.74, 6) is -2.76. The molecule has 0 aliphatic carbocycles. The molecule has 0 rings (SSSR count). The van der Waals surface area contributed by atoms with Crippen LogP contribution in [0.25, 0.3) is 0 Å². The van der Waals surface area contributed by atoms with Gasteiger partial charge >= 0.3 is 12.1 Å². The van der Waals surface area contributed by atoms with Crippen molar-refractivity contribution in [1.82, 2.24) is 6.15 Å². The first-order valence-corrected chi connectivity index (χ1v) is 1.24. The zero-order valence-electron chi connectivity index (χ0n) is 3.44. The lowest BCUT2D eigenvalue weighted by Gasteiger charge is -1.93. The summed E-state index contributed by atoms with van der Waals surface area (Å²) in [5, 5.41) is 7.12. The van der Waals surface area contributed by atoms with E-state index in [2.05, 4.69) is 0 Å². The van der Waals surface area contributed by atoms with E-state index in [9.17, 15) is 13.2 Å². The number of nitrogens with zero attached hydrogens (tertiary/aromatic N) is 1. The Morgan fingerprint density at radius 1 is 1.38 bits per heavy atom. The fraction of sp³-hybridized carbons (Fsp3) is 0.500. The highest BCUT2D eigenvalue weighted by Crippen LogP contribution is 2.13. The lowest BCUT2D eigenvalue weighted by molar-refractivity contribution is -0.192. The topological polar surface area (TPSA) is 67.8 Å². The molecule has 0 saturated heterocycles. The number of alkyl halides is 3. The van der Waals surface area contributed by atoms with Gasteiger partial charge in [0.1, 0.15) is 0 Å². The van der Waals surface area contributed by atoms with Crippen molar-refractivity contribution in [1.29, 1.82) is 0 Å². The maximum Gasteiger partial charge on any atom is 0.490 e. The fourth-order valence-corrected chi connectivity index (χ4v) is 0. The molecule has 0 heterocycles. The van der Waals surface area contributed by atoms with Crippen molar-refractivity contribution in [3.63, 3.8) is 0 Å². The third-order valence-corrected chi connectivity index (χ3v) is 0.243. The van der Waals surface area contributed by atoms with Gasteiger partial charge in [-0.1, -0.05) is 0 Å². The molecule has 0 bridgehead atoms. The highest BCUT2D eigenvalue weighted by molar-refractivity contribution is 5.73. The van der Waals surface area contributed by atoms with Crippen LogP contribution in [0.4, 0.5) is 13.2 Å². The molecule has 0 aromatic carbocycles. The summed E-state index contributed by atoms with van der Waals surface area (Å²) in [6.45, 7) is 0. The number of rotatable bonds is 0. The van der Waals surface area contributed by atoms with Crippen LogP contribution in [0.15, 0.2) is 0 Å². The quantitative estimate of drug-likeness (QED) is 0.504. The van der Waals surface area contributed by atoms with Gasteiger partial charge < -0.3 is 5.11 Å². The standard InChI is InChI=1S/C2HF3O2.N/c3-2(4,5)1(6)7;/h(H,6,7);. The first kappa shape index (κ1) is 10.3. The smallest absolute Gasteiger partial charge is 0.475 e. The molecule has 3 radical (unpaired) electrons. The minimum absolute atomic E-state index is 0. The monoisotopic (exact) mass is 128 g/mol. The molecule has 0 aliphatic rings. The normalized spacial score (nSPS) is 9.88. The van der Waals surface area contributed by atoms with E-state index >= 15 is 0 Å².